The second-order valence-electron chi connectivity index (χ2n) is 4.69. The van der Waals surface area contributed by atoms with Crippen molar-refractivity contribution in [3.8, 4) is 0 Å². The Morgan fingerprint density at radius 2 is 2.37 bits per heavy atom. The van der Waals surface area contributed by atoms with Crippen LogP contribution in [0.1, 0.15) is 11.4 Å². The van der Waals surface area contributed by atoms with Gasteiger partial charge in [-0.3, -0.25) is 10.1 Å². The van der Waals surface area contributed by atoms with Gasteiger partial charge in [-0.25, -0.2) is 4.98 Å². The number of nitrogens with zero attached hydrogens (tertiary/aromatic N) is 3. The van der Waals surface area contributed by atoms with E-state index in [1.807, 2.05) is 11.8 Å². The number of hydrogen-bond donors (Lipinski definition) is 1. The molecule has 2 aromatic rings. The van der Waals surface area contributed by atoms with Gasteiger partial charge in [-0.05, 0) is 19.4 Å². The average molecular weight is 279 g/mol. The number of thiazole rings is 1. The number of anilines is 1. The molecule has 1 aromatic heterocycles. The molecule has 19 heavy (non-hydrogen) atoms. The molecule has 2 heterocycles. The zero-order valence-corrected chi connectivity index (χ0v) is 11.2. The summed E-state index contributed by atoms with van der Waals surface area (Å²) in [7, 11) is 0. The lowest BCUT2D eigenvalue weighted by Crippen LogP contribution is -2.22. The van der Waals surface area contributed by atoms with Crippen molar-refractivity contribution in [2.45, 2.75) is 19.4 Å². The number of nitro benzene ring substituents is 1. The average Bonchev–Trinajstić information content (AvgIpc) is 2.91. The lowest BCUT2D eigenvalue weighted by Gasteiger charge is -2.17. The summed E-state index contributed by atoms with van der Waals surface area (Å²) < 4.78 is 0.827. The Hall–Kier alpha value is -1.73. The smallest absolute Gasteiger partial charge is 0.294 e. The molecular formula is C12H13N3O3S. The van der Waals surface area contributed by atoms with Crippen molar-refractivity contribution in [1.29, 1.82) is 0 Å². The van der Waals surface area contributed by atoms with E-state index in [9.17, 15) is 15.2 Å². The number of fused-ring (bicyclic) bond motifs is 1. The number of aryl methyl sites for hydroxylation is 1. The van der Waals surface area contributed by atoms with Crippen LogP contribution >= 0.6 is 11.3 Å². The van der Waals surface area contributed by atoms with Crippen LogP contribution in [0.25, 0.3) is 10.2 Å². The first-order valence-corrected chi connectivity index (χ1v) is 6.85. The van der Waals surface area contributed by atoms with Crippen LogP contribution in [0.2, 0.25) is 0 Å². The number of β-amino-alcohol motifs (C(OH)–C–C–N with tert-alkyl or cyclic N) is 1. The molecule has 0 aliphatic carbocycles. The zero-order chi connectivity index (χ0) is 13.6. The molecule has 1 aliphatic heterocycles. The molecule has 1 saturated heterocycles. The Kier molecular flexibility index (Phi) is 2.87. The van der Waals surface area contributed by atoms with Gasteiger partial charge in [-0.1, -0.05) is 0 Å². The first-order chi connectivity index (χ1) is 9.04. The van der Waals surface area contributed by atoms with Gasteiger partial charge < -0.3 is 10.0 Å². The van der Waals surface area contributed by atoms with Crippen molar-refractivity contribution in [3.05, 3.63) is 27.3 Å². The highest BCUT2D eigenvalue weighted by Crippen LogP contribution is 2.36. The van der Waals surface area contributed by atoms with E-state index in [-0.39, 0.29) is 10.6 Å². The van der Waals surface area contributed by atoms with Crippen molar-refractivity contribution in [2.24, 2.45) is 0 Å². The Balaban J connectivity index is 2.14. The van der Waals surface area contributed by atoms with E-state index in [0.29, 0.717) is 25.2 Å². The summed E-state index contributed by atoms with van der Waals surface area (Å²) in [5.41, 5.74) is 1.43. The minimum atomic E-state index is -0.410. The lowest BCUT2D eigenvalue weighted by molar-refractivity contribution is -0.384. The van der Waals surface area contributed by atoms with Gasteiger partial charge in [0, 0.05) is 19.2 Å². The summed E-state index contributed by atoms with van der Waals surface area (Å²) in [6.45, 7) is 2.96. The number of nitro groups is 1. The van der Waals surface area contributed by atoms with Gasteiger partial charge in [-0.2, -0.15) is 0 Å². The summed E-state index contributed by atoms with van der Waals surface area (Å²) in [6.07, 6.45) is 0.234. The van der Waals surface area contributed by atoms with E-state index in [2.05, 4.69) is 4.98 Å². The molecule has 0 bridgehead atoms. The lowest BCUT2D eigenvalue weighted by atomic mass is 10.2. The van der Waals surface area contributed by atoms with Crippen molar-refractivity contribution in [3.63, 3.8) is 0 Å². The largest absolute Gasteiger partial charge is 0.391 e. The second kappa shape index (κ2) is 4.43. The predicted octanol–water partition coefficient (Wildman–Crippen LogP) is 2.08. The van der Waals surface area contributed by atoms with Crippen LogP contribution in [0.4, 0.5) is 11.4 Å². The molecule has 7 heteroatoms. The van der Waals surface area contributed by atoms with Gasteiger partial charge in [0.05, 0.1) is 26.3 Å². The first-order valence-electron chi connectivity index (χ1n) is 6.03. The van der Waals surface area contributed by atoms with Crippen LogP contribution in [0, 0.1) is 17.0 Å². The minimum absolute atomic E-state index is 0.0882. The van der Waals surface area contributed by atoms with Crippen LogP contribution in [-0.4, -0.2) is 34.2 Å². The third-order valence-electron chi connectivity index (χ3n) is 3.29. The number of hydrogen-bond acceptors (Lipinski definition) is 6. The van der Waals surface area contributed by atoms with Crippen LogP contribution in [0.3, 0.4) is 0 Å². The van der Waals surface area contributed by atoms with Crippen molar-refractivity contribution < 1.29 is 10.0 Å². The van der Waals surface area contributed by atoms with Gasteiger partial charge in [0.1, 0.15) is 5.69 Å². The molecule has 0 saturated carbocycles. The third kappa shape index (κ3) is 2.15. The number of aliphatic hydroxyl groups is 1. The predicted molar refractivity (Wildman–Crippen MR) is 73.8 cm³/mol. The molecule has 3 rings (SSSR count). The molecule has 1 atom stereocenters. The summed E-state index contributed by atoms with van der Waals surface area (Å²) in [6, 6.07) is 3.34. The summed E-state index contributed by atoms with van der Waals surface area (Å²) in [5, 5.41) is 21.7. The van der Waals surface area contributed by atoms with Crippen LogP contribution < -0.4 is 4.90 Å². The molecule has 1 fully saturated rings. The SMILES string of the molecule is Cc1nc2cc(N3CC[C@H](O)C3)c([N+](=O)[O-])cc2s1. The quantitative estimate of drug-likeness (QED) is 0.672. The Morgan fingerprint density at radius 1 is 1.58 bits per heavy atom. The number of aliphatic hydroxyl groups excluding tert-OH is 1. The van der Waals surface area contributed by atoms with E-state index >= 15 is 0 Å². The Labute approximate surface area is 113 Å². The van der Waals surface area contributed by atoms with Gasteiger partial charge in [0.15, 0.2) is 0 Å². The molecule has 6 nitrogen and oxygen atoms in total. The highest BCUT2D eigenvalue weighted by Gasteiger charge is 2.27. The molecule has 0 unspecified atom stereocenters. The Morgan fingerprint density at radius 3 is 3.00 bits per heavy atom. The maximum absolute atomic E-state index is 11.2. The van der Waals surface area contributed by atoms with Crippen molar-refractivity contribution >= 4 is 32.9 Å². The fourth-order valence-electron chi connectivity index (χ4n) is 2.43. The van der Waals surface area contributed by atoms with E-state index in [4.69, 9.17) is 0 Å². The molecule has 0 amide bonds. The minimum Gasteiger partial charge on any atom is -0.391 e. The van der Waals surface area contributed by atoms with E-state index in [1.165, 1.54) is 11.3 Å². The second-order valence-corrected chi connectivity index (χ2v) is 5.92. The van der Waals surface area contributed by atoms with Crippen molar-refractivity contribution in [2.75, 3.05) is 18.0 Å². The molecule has 100 valence electrons. The summed E-state index contributed by atoms with van der Waals surface area (Å²) >= 11 is 1.45. The van der Waals surface area contributed by atoms with E-state index < -0.39 is 6.10 Å². The van der Waals surface area contributed by atoms with E-state index in [0.717, 1.165) is 15.2 Å². The van der Waals surface area contributed by atoms with Gasteiger partial charge in [0.2, 0.25) is 0 Å². The topological polar surface area (TPSA) is 79.5 Å². The normalized spacial score (nSPS) is 19.3. The standard InChI is InChI=1S/C12H13N3O3S/c1-7-13-9-4-10(14-3-2-8(16)6-14)11(15(17)18)5-12(9)19-7/h4-5,8,16H,2-3,6H2,1H3/t8-/m0/s1. The maximum atomic E-state index is 11.2. The highest BCUT2D eigenvalue weighted by atomic mass is 32.1. The van der Waals surface area contributed by atoms with Gasteiger partial charge in [0.25, 0.3) is 5.69 Å². The van der Waals surface area contributed by atoms with Gasteiger partial charge >= 0.3 is 0 Å². The summed E-state index contributed by atoms with van der Waals surface area (Å²) in [4.78, 5) is 17.1. The molecule has 1 aliphatic rings. The summed E-state index contributed by atoms with van der Waals surface area (Å²) in [5.74, 6) is 0. The number of rotatable bonds is 2. The number of aromatic nitrogens is 1. The fourth-order valence-corrected chi connectivity index (χ4v) is 3.27. The van der Waals surface area contributed by atoms with E-state index in [1.54, 1.807) is 12.1 Å². The molecule has 0 spiro atoms. The van der Waals surface area contributed by atoms with Crippen LogP contribution in [-0.2, 0) is 0 Å². The van der Waals surface area contributed by atoms with Crippen LogP contribution in [0.15, 0.2) is 12.1 Å². The highest BCUT2D eigenvalue weighted by molar-refractivity contribution is 7.18. The monoisotopic (exact) mass is 279 g/mol. The fraction of sp³-hybridized carbons (Fsp3) is 0.417. The molecular weight excluding hydrogens is 266 g/mol. The molecule has 1 N–H and O–H groups in total. The third-order valence-corrected chi connectivity index (χ3v) is 4.23. The molecule has 1 aromatic carbocycles. The van der Waals surface area contributed by atoms with Gasteiger partial charge in [-0.15, -0.1) is 11.3 Å². The Bertz CT molecular complexity index is 655. The molecule has 0 radical (unpaired) electrons. The maximum Gasteiger partial charge on any atom is 0.294 e. The first kappa shape index (κ1) is 12.3. The number of benzene rings is 1. The van der Waals surface area contributed by atoms with Crippen LogP contribution in [0.5, 0.6) is 0 Å². The van der Waals surface area contributed by atoms with Crippen molar-refractivity contribution in [1.82, 2.24) is 4.98 Å². The zero-order valence-electron chi connectivity index (χ0n) is 10.4.